The minimum atomic E-state index is -3.93. The van der Waals surface area contributed by atoms with Gasteiger partial charge in [-0.25, -0.2) is 18.4 Å². The van der Waals surface area contributed by atoms with Crippen molar-refractivity contribution < 1.29 is 17.9 Å². The number of carbonyl (C=O) groups is 1. The molecule has 0 aliphatic rings. The molecule has 0 saturated heterocycles. The molecule has 7 nitrogen and oxygen atoms in total. The van der Waals surface area contributed by atoms with Crippen LogP contribution in [0.1, 0.15) is 11.4 Å². The van der Waals surface area contributed by atoms with Gasteiger partial charge >= 0.3 is 0 Å². The minimum Gasteiger partial charge on any atom is -0.457 e. The van der Waals surface area contributed by atoms with Crippen LogP contribution in [0.3, 0.4) is 0 Å². The molecule has 8 heteroatoms. The van der Waals surface area contributed by atoms with Crippen molar-refractivity contribution in [2.24, 2.45) is 0 Å². The number of benzene rings is 2. The van der Waals surface area contributed by atoms with Crippen LogP contribution in [0.5, 0.6) is 11.5 Å². The summed E-state index contributed by atoms with van der Waals surface area (Å²) >= 11 is 0. The summed E-state index contributed by atoms with van der Waals surface area (Å²) in [6.45, 7) is 3.35. The van der Waals surface area contributed by atoms with Crippen LogP contribution in [-0.4, -0.2) is 30.0 Å². The molecular formula is C20H19N3O4S. The first-order valence-electron chi connectivity index (χ1n) is 8.50. The molecule has 3 rings (SSSR count). The van der Waals surface area contributed by atoms with Crippen molar-refractivity contribution in [2.75, 3.05) is 11.1 Å². The van der Waals surface area contributed by atoms with E-state index in [1.165, 1.54) is 0 Å². The summed E-state index contributed by atoms with van der Waals surface area (Å²) in [5.41, 5.74) is 1.52. The van der Waals surface area contributed by atoms with E-state index in [0.29, 0.717) is 28.6 Å². The molecule has 0 atom stereocenters. The van der Waals surface area contributed by atoms with E-state index in [2.05, 4.69) is 15.3 Å². The number of aryl methyl sites for hydroxylation is 2. The number of para-hydroxylation sites is 1. The molecule has 1 aromatic heterocycles. The van der Waals surface area contributed by atoms with Crippen molar-refractivity contribution in [3.63, 3.8) is 0 Å². The molecule has 0 radical (unpaired) electrons. The molecule has 0 unspecified atom stereocenters. The maximum atomic E-state index is 12.4. The molecular weight excluding hydrogens is 378 g/mol. The lowest BCUT2D eigenvalue weighted by Crippen LogP contribution is -2.24. The Morgan fingerprint density at radius 2 is 1.50 bits per heavy atom. The predicted octanol–water partition coefficient (Wildman–Crippen LogP) is 3.30. The SMILES string of the molecule is Cc1cc(C)nc(S(=O)(=O)CC(=O)Nc2ccc(Oc3ccccc3)cc2)n1. The van der Waals surface area contributed by atoms with Gasteiger partial charge < -0.3 is 10.1 Å². The van der Waals surface area contributed by atoms with Gasteiger partial charge in [0.2, 0.25) is 20.9 Å². The second-order valence-electron chi connectivity index (χ2n) is 6.18. The van der Waals surface area contributed by atoms with Gasteiger partial charge in [0.25, 0.3) is 0 Å². The molecule has 1 amide bonds. The summed E-state index contributed by atoms with van der Waals surface area (Å²) in [4.78, 5) is 20.0. The quantitative estimate of drug-likeness (QED) is 0.641. The smallest absolute Gasteiger partial charge is 0.248 e. The average Bonchev–Trinajstić information content (AvgIpc) is 2.63. The third kappa shape index (κ3) is 5.14. The van der Waals surface area contributed by atoms with Crippen LogP contribution in [0.4, 0.5) is 5.69 Å². The zero-order chi connectivity index (χ0) is 20.1. The summed E-state index contributed by atoms with van der Waals surface area (Å²) in [7, 11) is -3.93. The van der Waals surface area contributed by atoms with E-state index in [9.17, 15) is 13.2 Å². The molecule has 0 fully saturated rings. The summed E-state index contributed by atoms with van der Waals surface area (Å²) in [6.07, 6.45) is 0. The fraction of sp³-hybridized carbons (Fsp3) is 0.150. The molecule has 28 heavy (non-hydrogen) atoms. The summed E-state index contributed by atoms with van der Waals surface area (Å²) in [6, 6.07) is 17.6. The zero-order valence-corrected chi connectivity index (χ0v) is 16.2. The highest BCUT2D eigenvalue weighted by Gasteiger charge is 2.23. The van der Waals surface area contributed by atoms with Crippen molar-refractivity contribution in [3.8, 4) is 11.5 Å². The van der Waals surface area contributed by atoms with E-state index < -0.39 is 21.5 Å². The van der Waals surface area contributed by atoms with Gasteiger partial charge in [-0.15, -0.1) is 0 Å². The number of amides is 1. The predicted molar refractivity (Wildman–Crippen MR) is 105 cm³/mol. The highest BCUT2D eigenvalue weighted by molar-refractivity contribution is 7.92. The Hall–Kier alpha value is -3.26. The summed E-state index contributed by atoms with van der Waals surface area (Å²) in [5, 5.41) is 2.22. The lowest BCUT2D eigenvalue weighted by Gasteiger charge is -2.08. The van der Waals surface area contributed by atoms with Gasteiger partial charge in [0.05, 0.1) is 0 Å². The van der Waals surface area contributed by atoms with Crippen molar-refractivity contribution in [1.29, 1.82) is 0 Å². The Morgan fingerprint density at radius 1 is 0.929 bits per heavy atom. The molecule has 0 bridgehead atoms. The minimum absolute atomic E-state index is 0.341. The molecule has 1 heterocycles. The molecule has 2 aromatic carbocycles. The Kier molecular flexibility index (Phi) is 5.70. The molecule has 0 saturated carbocycles. The van der Waals surface area contributed by atoms with Crippen LogP contribution in [0.25, 0.3) is 0 Å². The standard InChI is InChI=1S/C20H19N3O4S/c1-14-12-15(2)22-20(21-14)28(25,26)13-19(24)23-16-8-10-18(11-9-16)27-17-6-4-3-5-7-17/h3-12H,13H2,1-2H3,(H,23,24). The second-order valence-corrected chi connectivity index (χ2v) is 8.06. The molecule has 0 spiro atoms. The Balaban J connectivity index is 1.64. The lowest BCUT2D eigenvalue weighted by atomic mass is 10.3. The van der Waals surface area contributed by atoms with Gasteiger partial charge in [0.1, 0.15) is 17.3 Å². The van der Waals surface area contributed by atoms with E-state index >= 15 is 0 Å². The molecule has 0 aliphatic heterocycles. The van der Waals surface area contributed by atoms with Crippen LogP contribution in [0.15, 0.2) is 65.8 Å². The van der Waals surface area contributed by atoms with E-state index in [1.54, 1.807) is 44.2 Å². The van der Waals surface area contributed by atoms with Gasteiger partial charge in [-0.05, 0) is 56.3 Å². The van der Waals surface area contributed by atoms with E-state index in [-0.39, 0.29) is 5.16 Å². The Morgan fingerprint density at radius 3 is 2.11 bits per heavy atom. The van der Waals surface area contributed by atoms with Crippen molar-refractivity contribution in [2.45, 2.75) is 19.0 Å². The molecule has 1 N–H and O–H groups in total. The third-order valence-corrected chi connectivity index (χ3v) is 5.06. The third-order valence-electron chi connectivity index (χ3n) is 3.68. The number of anilines is 1. The fourth-order valence-electron chi connectivity index (χ4n) is 2.50. The van der Waals surface area contributed by atoms with Crippen LogP contribution in [-0.2, 0) is 14.6 Å². The van der Waals surface area contributed by atoms with Crippen LogP contribution < -0.4 is 10.1 Å². The van der Waals surface area contributed by atoms with Gasteiger partial charge in [0, 0.05) is 17.1 Å². The molecule has 0 aliphatic carbocycles. The van der Waals surface area contributed by atoms with Crippen molar-refractivity contribution >= 4 is 21.4 Å². The fourth-order valence-corrected chi connectivity index (χ4v) is 3.61. The number of rotatable bonds is 6. The number of sulfone groups is 1. The second kappa shape index (κ2) is 8.18. The van der Waals surface area contributed by atoms with Crippen LogP contribution in [0.2, 0.25) is 0 Å². The maximum absolute atomic E-state index is 12.4. The molecule has 3 aromatic rings. The van der Waals surface area contributed by atoms with E-state index in [4.69, 9.17) is 4.74 Å². The Bertz CT molecular complexity index is 1060. The number of hydrogen-bond acceptors (Lipinski definition) is 6. The van der Waals surface area contributed by atoms with Crippen LogP contribution >= 0.6 is 0 Å². The number of hydrogen-bond donors (Lipinski definition) is 1. The number of carbonyl (C=O) groups excluding carboxylic acids is 1. The first kappa shape index (κ1) is 19.5. The zero-order valence-electron chi connectivity index (χ0n) is 15.4. The highest BCUT2D eigenvalue weighted by Crippen LogP contribution is 2.22. The van der Waals surface area contributed by atoms with Crippen molar-refractivity contribution in [3.05, 3.63) is 72.1 Å². The maximum Gasteiger partial charge on any atom is 0.248 e. The number of aromatic nitrogens is 2. The van der Waals surface area contributed by atoms with Crippen LogP contribution in [0, 0.1) is 13.8 Å². The monoisotopic (exact) mass is 397 g/mol. The number of nitrogens with one attached hydrogen (secondary N) is 1. The lowest BCUT2D eigenvalue weighted by molar-refractivity contribution is -0.113. The average molecular weight is 397 g/mol. The summed E-state index contributed by atoms with van der Waals surface area (Å²) < 4.78 is 30.5. The Labute approximate surface area is 163 Å². The first-order chi connectivity index (χ1) is 13.3. The number of ether oxygens (including phenoxy) is 1. The largest absolute Gasteiger partial charge is 0.457 e. The van der Waals surface area contributed by atoms with Crippen molar-refractivity contribution in [1.82, 2.24) is 9.97 Å². The highest BCUT2D eigenvalue weighted by atomic mass is 32.2. The first-order valence-corrected chi connectivity index (χ1v) is 10.1. The van der Waals surface area contributed by atoms with Gasteiger partial charge in [-0.2, -0.15) is 0 Å². The van der Waals surface area contributed by atoms with Gasteiger partial charge in [-0.1, -0.05) is 18.2 Å². The molecule has 144 valence electrons. The van der Waals surface area contributed by atoms with Gasteiger partial charge in [0.15, 0.2) is 0 Å². The topological polar surface area (TPSA) is 98.2 Å². The van der Waals surface area contributed by atoms with Gasteiger partial charge in [-0.3, -0.25) is 4.79 Å². The van der Waals surface area contributed by atoms with E-state index in [0.717, 1.165) is 0 Å². The number of nitrogens with zero attached hydrogens (tertiary/aromatic N) is 2. The normalized spacial score (nSPS) is 11.1. The van der Waals surface area contributed by atoms with E-state index in [1.807, 2.05) is 30.3 Å². The summed E-state index contributed by atoms with van der Waals surface area (Å²) in [5.74, 6) is -0.114.